The molecule has 1 aromatic heterocycles. The molecule has 1 amide bonds. The molecule has 1 aromatic carbocycles. The Labute approximate surface area is 146 Å². The van der Waals surface area contributed by atoms with Crippen LogP contribution < -0.4 is 10.6 Å². The summed E-state index contributed by atoms with van der Waals surface area (Å²) < 4.78 is 5.55. The largest absolute Gasteiger partial charge is 0.458 e. The van der Waals surface area contributed by atoms with Crippen LogP contribution in [0.5, 0.6) is 0 Å². The van der Waals surface area contributed by atoms with Crippen molar-refractivity contribution in [3.63, 3.8) is 0 Å². The monoisotopic (exact) mass is 346 g/mol. The van der Waals surface area contributed by atoms with E-state index in [4.69, 9.17) is 10.5 Å². The first-order chi connectivity index (χ1) is 11.3. The van der Waals surface area contributed by atoms with E-state index in [2.05, 4.69) is 0 Å². The van der Waals surface area contributed by atoms with Crippen LogP contribution in [-0.4, -0.2) is 24.0 Å². The minimum absolute atomic E-state index is 0.195. The summed E-state index contributed by atoms with van der Waals surface area (Å²) in [6.07, 6.45) is 0. The van der Waals surface area contributed by atoms with Crippen molar-refractivity contribution in [3.05, 3.63) is 52.7 Å². The molecule has 0 aliphatic carbocycles. The molecule has 0 fully saturated rings. The van der Waals surface area contributed by atoms with Gasteiger partial charge in [-0.3, -0.25) is 9.69 Å². The van der Waals surface area contributed by atoms with Crippen LogP contribution in [0.1, 0.15) is 31.7 Å². The molecule has 0 saturated carbocycles. The fourth-order valence-electron chi connectivity index (χ4n) is 2.28. The van der Waals surface area contributed by atoms with E-state index < -0.39 is 17.6 Å². The summed E-state index contributed by atoms with van der Waals surface area (Å²) in [4.78, 5) is 27.5. The van der Waals surface area contributed by atoms with Crippen LogP contribution >= 0.6 is 11.3 Å². The summed E-state index contributed by atoms with van der Waals surface area (Å²) >= 11 is 1.40. The lowest BCUT2D eigenvalue weighted by Crippen LogP contribution is -2.44. The molecule has 2 aromatic rings. The number of ether oxygens (including phenoxy) is 1. The second-order valence-corrected chi connectivity index (χ2v) is 7.23. The number of carbonyl (C=O) groups excluding carboxylic acids is 2. The van der Waals surface area contributed by atoms with Gasteiger partial charge in [0.05, 0.1) is 6.54 Å². The molecule has 5 nitrogen and oxygen atoms in total. The van der Waals surface area contributed by atoms with E-state index >= 15 is 0 Å². The van der Waals surface area contributed by atoms with Crippen LogP contribution in [0.15, 0.2) is 47.8 Å². The molecule has 0 aliphatic heterocycles. The Kier molecular flexibility index (Phi) is 5.75. The number of para-hydroxylation sites is 1. The fraction of sp³-hybridized carbons (Fsp3) is 0.333. The Morgan fingerprint density at radius 2 is 1.83 bits per heavy atom. The number of benzene rings is 1. The second-order valence-electron chi connectivity index (χ2n) is 6.25. The molecule has 6 heteroatoms. The summed E-state index contributed by atoms with van der Waals surface area (Å²) in [5.74, 6) is -0.818. The number of nitrogens with zero attached hydrogens (tertiary/aromatic N) is 1. The van der Waals surface area contributed by atoms with Gasteiger partial charge < -0.3 is 10.5 Å². The van der Waals surface area contributed by atoms with Gasteiger partial charge in [-0.05, 0) is 44.4 Å². The molecule has 2 rings (SSSR count). The minimum Gasteiger partial charge on any atom is -0.458 e. The number of carbonyl (C=O) groups is 2. The summed E-state index contributed by atoms with van der Waals surface area (Å²) in [5, 5.41) is 1.86. The Bertz CT molecular complexity index is 678. The Hall–Kier alpha value is -2.18. The normalized spacial score (nSPS) is 12.5. The van der Waals surface area contributed by atoms with Crippen LogP contribution in [0.3, 0.4) is 0 Å². The Morgan fingerprint density at radius 1 is 1.17 bits per heavy atom. The average Bonchev–Trinajstić information content (AvgIpc) is 3.04. The first kappa shape index (κ1) is 18.2. The maximum absolute atomic E-state index is 12.8. The van der Waals surface area contributed by atoms with Crippen molar-refractivity contribution in [2.24, 2.45) is 5.73 Å². The zero-order valence-corrected chi connectivity index (χ0v) is 14.9. The molecule has 128 valence electrons. The van der Waals surface area contributed by atoms with Crippen LogP contribution in [0, 0.1) is 0 Å². The van der Waals surface area contributed by atoms with Gasteiger partial charge in [-0.1, -0.05) is 24.3 Å². The molecule has 0 unspecified atom stereocenters. The molecule has 0 radical (unpaired) electrons. The maximum atomic E-state index is 12.8. The first-order valence-corrected chi connectivity index (χ1v) is 8.55. The third-order valence-electron chi connectivity index (χ3n) is 3.18. The minimum atomic E-state index is -0.859. The molecule has 1 atom stereocenters. The SMILES string of the molecule is CC(C)(C)OC(=O)[C@H](c1cccs1)N(C(=O)CN)c1ccccc1. The van der Waals surface area contributed by atoms with E-state index in [-0.39, 0.29) is 12.5 Å². The standard InChI is InChI=1S/C18H22N2O3S/c1-18(2,3)23-17(22)16(14-10-7-11-24-14)20(15(21)12-19)13-8-5-4-6-9-13/h4-11,16H,12,19H2,1-3H3/t16-/m0/s1. The number of hydrogen-bond acceptors (Lipinski definition) is 5. The zero-order valence-electron chi connectivity index (χ0n) is 14.1. The lowest BCUT2D eigenvalue weighted by Gasteiger charge is -2.32. The molecule has 24 heavy (non-hydrogen) atoms. The smallest absolute Gasteiger partial charge is 0.335 e. The number of hydrogen-bond donors (Lipinski definition) is 1. The topological polar surface area (TPSA) is 72.6 Å². The molecular weight excluding hydrogens is 324 g/mol. The van der Waals surface area contributed by atoms with Gasteiger partial charge in [-0.15, -0.1) is 11.3 Å². The van der Waals surface area contributed by atoms with Gasteiger partial charge in [0, 0.05) is 10.6 Å². The lowest BCUT2D eigenvalue weighted by molar-refractivity contribution is -0.157. The average molecular weight is 346 g/mol. The third-order valence-corrected chi connectivity index (χ3v) is 4.10. The highest BCUT2D eigenvalue weighted by Gasteiger charge is 2.36. The lowest BCUT2D eigenvalue weighted by atomic mass is 10.1. The highest BCUT2D eigenvalue weighted by Crippen LogP contribution is 2.32. The van der Waals surface area contributed by atoms with Crippen LogP contribution in [-0.2, 0) is 14.3 Å². The van der Waals surface area contributed by atoms with Gasteiger partial charge in [0.2, 0.25) is 5.91 Å². The molecule has 2 N–H and O–H groups in total. The number of anilines is 1. The van der Waals surface area contributed by atoms with Crippen LogP contribution in [0.25, 0.3) is 0 Å². The van der Waals surface area contributed by atoms with Crippen molar-refractivity contribution in [2.45, 2.75) is 32.4 Å². The van der Waals surface area contributed by atoms with E-state index in [1.54, 1.807) is 32.9 Å². The molecule has 1 heterocycles. The van der Waals surface area contributed by atoms with E-state index in [1.165, 1.54) is 16.2 Å². The molecule has 0 spiro atoms. The van der Waals surface area contributed by atoms with E-state index in [9.17, 15) is 9.59 Å². The van der Waals surface area contributed by atoms with Crippen molar-refractivity contribution in [1.29, 1.82) is 0 Å². The summed E-state index contributed by atoms with van der Waals surface area (Å²) in [7, 11) is 0. The third kappa shape index (κ3) is 4.43. The number of amides is 1. The maximum Gasteiger partial charge on any atom is 0.335 e. The van der Waals surface area contributed by atoms with Gasteiger partial charge in [0.25, 0.3) is 0 Å². The van der Waals surface area contributed by atoms with Gasteiger partial charge in [-0.25, -0.2) is 4.79 Å². The quantitative estimate of drug-likeness (QED) is 0.844. The van der Waals surface area contributed by atoms with Gasteiger partial charge >= 0.3 is 5.97 Å². The van der Waals surface area contributed by atoms with Crippen molar-refractivity contribution in [2.75, 3.05) is 11.4 Å². The predicted molar refractivity (Wildman–Crippen MR) is 95.9 cm³/mol. The van der Waals surface area contributed by atoms with Crippen molar-refractivity contribution in [3.8, 4) is 0 Å². The highest BCUT2D eigenvalue weighted by atomic mass is 32.1. The van der Waals surface area contributed by atoms with Gasteiger partial charge in [-0.2, -0.15) is 0 Å². The molecule has 0 aliphatic rings. The fourth-order valence-corrected chi connectivity index (χ4v) is 3.08. The predicted octanol–water partition coefficient (Wildman–Crippen LogP) is 3.12. The second kappa shape index (κ2) is 7.59. The van der Waals surface area contributed by atoms with E-state index in [0.717, 1.165) is 4.88 Å². The van der Waals surface area contributed by atoms with Crippen LogP contribution in [0.2, 0.25) is 0 Å². The van der Waals surface area contributed by atoms with E-state index in [1.807, 2.05) is 35.7 Å². The van der Waals surface area contributed by atoms with Crippen LogP contribution in [0.4, 0.5) is 5.69 Å². The van der Waals surface area contributed by atoms with E-state index in [0.29, 0.717) is 5.69 Å². The van der Waals surface area contributed by atoms with Gasteiger partial charge in [0.1, 0.15) is 5.60 Å². The Morgan fingerprint density at radius 3 is 2.33 bits per heavy atom. The molecular formula is C18H22N2O3S. The zero-order chi connectivity index (χ0) is 17.7. The Balaban J connectivity index is 2.50. The van der Waals surface area contributed by atoms with Crippen molar-refractivity contribution < 1.29 is 14.3 Å². The molecule has 0 saturated heterocycles. The van der Waals surface area contributed by atoms with Crippen molar-refractivity contribution >= 4 is 28.9 Å². The van der Waals surface area contributed by atoms with Crippen molar-refractivity contribution in [1.82, 2.24) is 0 Å². The summed E-state index contributed by atoms with van der Waals surface area (Å²) in [6, 6.07) is 11.8. The number of thiophene rings is 1. The first-order valence-electron chi connectivity index (χ1n) is 7.67. The number of esters is 1. The molecule has 0 bridgehead atoms. The number of rotatable bonds is 5. The summed E-state index contributed by atoms with van der Waals surface area (Å²) in [6.45, 7) is 5.20. The number of nitrogens with two attached hydrogens (primary N) is 1. The highest BCUT2D eigenvalue weighted by molar-refractivity contribution is 7.10. The van der Waals surface area contributed by atoms with Gasteiger partial charge in [0.15, 0.2) is 6.04 Å². The summed E-state index contributed by atoms with van der Waals surface area (Å²) in [5.41, 5.74) is 5.55.